The molecule has 3 aromatic rings. The van der Waals surface area contributed by atoms with Crippen molar-refractivity contribution in [2.45, 2.75) is 13.8 Å². The number of amides is 1. The van der Waals surface area contributed by atoms with Crippen LogP contribution in [0.3, 0.4) is 0 Å². The number of nitro groups is 1. The fraction of sp³-hybridized carbons (Fsp3) is 0.130. The second-order valence-electron chi connectivity index (χ2n) is 6.00. The molecule has 0 radical (unpaired) electrons. The molecule has 3 rings (SSSR count). The van der Waals surface area contributed by atoms with E-state index in [1.165, 1.54) is 37.4 Å². The summed E-state index contributed by atoms with van der Waals surface area (Å²) in [4.78, 5) is 34.6. The molecule has 1 N–H and O–H groups in total. The Morgan fingerprint density at radius 3 is 2.25 bits per heavy atom. The van der Waals surface area contributed by atoms with Gasteiger partial charge in [-0.2, -0.15) is 0 Å². The van der Waals surface area contributed by atoms with Gasteiger partial charge in [0, 0.05) is 22.7 Å². The summed E-state index contributed by atoms with van der Waals surface area (Å²) >= 11 is 6.24. The summed E-state index contributed by atoms with van der Waals surface area (Å²) in [7, 11) is 1.23. The minimum absolute atomic E-state index is 0.0972. The molecule has 0 fully saturated rings. The van der Waals surface area contributed by atoms with Crippen molar-refractivity contribution >= 4 is 35.0 Å². The van der Waals surface area contributed by atoms with Crippen molar-refractivity contribution < 1.29 is 24.0 Å². The fourth-order valence-corrected chi connectivity index (χ4v) is 2.92. The molecule has 0 unspecified atom stereocenters. The molecule has 0 bridgehead atoms. The van der Waals surface area contributed by atoms with Crippen LogP contribution < -0.4 is 10.1 Å². The Kier molecular flexibility index (Phi) is 8.73. The molecule has 8 nitrogen and oxygen atoms in total. The lowest BCUT2D eigenvalue weighted by Gasteiger charge is -2.13. The highest BCUT2D eigenvalue weighted by Gasteiger charge is 2.17. The van der Waals surface area contributed by atoms with Gasteiger partial charge < -0.3 is 9.47 Å². The molecule has 0 aliphatic carbocycles. The van der Waals surface area contributed by atoms with E-state index >= 15 is 0 Å². The number of methoxy groups -OCH3 is 1. The second kappa shape index (κ2) is 11.5. The van der Waals surface area contributed by atoms with Crippen molar-refractivity contribution in [3.63, 3.8) is 0 Å². The Morgan fingerprint density at radius 2 is 1.66 bits per heavy atom. The van der Waals surface area contributed by atoms with E-state index in [2.05, 4.69) is 5.32 Å². The third-order valence-electron chi connectivity index (χ3n) is 4.10. The average molecular weight is 457 g/mol. The third-order valence-corrected chi connectivity index (χ3v) is 4.43. The molecule has 1 amide bonds. The molecular weight excluding hydrogens is 436 g/mol. The van der Waals surface area contributed by atoms with E-state index in [0.717, 1.165) is 0 Å². The molecule has 0 saturated carbocycles. The number of carbonyl (C=O) groups is 2. The Morgan fingerprint density at radius 1 is 1.00 bits per heavy atom. The summed E-state index contributed by atoms with van der Waals surface area (Å²) in [5.41, 5.74) is 1.52. The van der Waals surface area contributed by atoms with Crippen molar-refractivity contribution in [1.29, 1.82) is 0 Å². The zero-order chi connectivity index (χ0) is 23.7. The number of non-ortho nitro benzene ring substituents is 1. The minimum atomic E-state index is -0.884. The molecule has 0 saturated heterocycles. The van der Waals surface area contributed by atoms with Crippen LogP contribution in [-0.2, 0) is 4.74 Å². The smallest absolute Gasteiger partial charge is 0.417 e. The number of carbonyl (C=O) groups excluding carboxylic acids is 2. The van der Waals surface area contributed by atoms with Crippen molar-refractivity contribution in [1.82, 2.24) is 0 Å². The number of halogens is 1. The van der Waals surface area contributed by atoms with Crippen LogP contribution >= 0.6 is 11.6 Å². The lowest BCUT2D eigenvalue weighted by atomic mass is 10.0. The van der Waals surface area contributed by atoms with Gasteiger partial charge in [0.1, 0.15) is 5.75 Å². The molecule has 3 aromatic carbocycles. The van der Waals surface area contributed by atoms with Gasteiger partial charge in [0.2, 0.25) is 0 Å². The predicted molar refractivity (Wildman–Crippen MR) is 122 cm³/mol. The van der Waals surface area contributed by atoms with E-state index in [1.54, 1.807) is 30.3 Å². The molecule has 166 valence electrons. The van der Waals surface area contributed by atoms with Crippen LogP contribution in [0.1, 0.15) is 24.2 Å². The molecule has 32 heavy (non-hydrogen) atoms. The number of rotatable bonds is 5. The SMILES string of the molecule is CC.COC(=O)c1ccc(-c2ccccc2Cl)cc1NC(=O)Oc1ccc([N+](=O)[O-])cc1. The fourth-order valence-electron chi connectivity index (χ4n) is 2.68. The highest BCUT2D eigenvalue weighted by molar-refractivity contribution is 6.33. The van der Waals surface area contributed by atoms with E-state index < -0.39 is 17.0 Å². The monoisotopic (exact) mass is 456 g/mol. The van der Waals surface area contributed by atoms with Gasteiger partial charge in [-0.3, -0.25) is 15.4 Å². The van der Waals surface area contributed by atoms with Gasteiger partial charge in [-0.05, 0) is 35.9 Å². The van der Waals surface area contributed by atoms with Gasteiger partial charge in [0.05, 0.1) is 23.3 Å². The van der Waals surface area contributed by atoms with Gasteiger partial charge in [-0.25, -0.2) is 9.59 Å². The van der Waals surface area contributed by atoms with E-state index in [9.17, 15) is 19.7 Å². The van der Waals surface area contributed by atoms with E-state index in [-0.39, 0.29) is 22.7 Å². The number of anilines is 1. The lowest BCUT2D eigenvalue weighted by Crippen LogP contribution is -2.19. The van der Waals surface area contributed by atoms with Crippen LogP contribution in [0.2, 0.25) is 5.02 Å². The maximum Gasteiger partial charge on any atom is 0.417 e. The lowest BCUT2D eigenvalue weighted by molar-refractivity contribution is -0.384. The first-order valence-electron chi connectivity index (χ1n) is 9.59. The minimum Gasteiger partial charge on any atom is -0.465 e. The van der Waals surface area contributed by atoms with Crippen LogP contribution in [0.25, 0.3) is 11.1 Å². The first-order valence-corrected chi connectivity index (χ1v) is 9.97. The summed E-state index contributed by atoms with van der Waals surface area (Å²) in [6, 6.07) is 16.9. The Bertz CT molecular complexity index is 1120. The number of nitro benzene ring substituents is 1. The van der Waals surface area contributed by atoms with E-state index in [1.807, 2.05) is 19.9 Å². The normalized spacial score (nSPS) is 9.75. The standard InChI is InChI=1S/C21H15ClN2O6.C2H6/c1-29-20(25)17-11-6-13(16-4-2-3-5-18(16)22)12-19(17)23-21(26)30-15-9-7-14(8-10-15)24(27)28;1-2/h2-12H,1H3,(H,23,26);1-2H3. The first-order chi connectivity index (χ1) is 15.4. The zero-order valence-corrected chi connectivity index (χ0v) is 18.4. The molecule has 0 aromatic heterocycles. The highest BCUT2D eigenvalue weighted by atomic mass is 35.5. The summed E-state index contributed by atoms with van der Waals surface area (Å²) in [6.45, 7) is 4.00. The number of hydrogen-bond acceptors (Lipinski definition) is 6. The van der Waals surface area contributed by atoms with E-state index in [0.29, 0.717) is 16.1 Å². The van der Waals surface area contributed by atoms with Gasteiger partial charge >= 0.3 is 12.1 Å². The topological polar surface area (TPSA) is 108 Å². The summed E-state index contributed by atoms with van der Waals surface area (Å²) in [6.07, 6.45) is -0.884. The third kappa shape index (κ3) is 6.05. The van der Waals surface area contributed by atoms with E-state index in [4.69, 9.17) is 21.1 Å². The molecule has 0 atom stereocenters. The second-order valence-corrected chi connectivity index (χ2v) is 6.40. The molecular formula is C23H21ClN2O6. The molecule has 0 spiro atoms. The predicted octanol–water partition coefficient (Wildman–Crippen LogP) is 6.34. The van der Waals surface area contributed by atoms with Crippen LogP contribution in [0.5, 0.6) is 5.75 Å². The molecule has 0 aliphatic heterocycles. The number of ether oxygens (including phenoxy) is 2. The highest BCUT2D eigenvalue weighted by Crippen LogP contribution is 2.31. The van der Waals surface area contributed by atoms with Gasteiger partial charge in [-0.15, -0.1) is 0 Å². The van der Waals surface area contributed by atoms with Crippen molar-refractivity contribution in [3.8, 4) is 16.9 Å². The number of nitrogens with one attached hydrogen (secondary N) is 1. The number of benzene rings is 3. The van der Waals surface area contributed by atoms with Crippen LogP contribution in [0.4, 0.5) is 16.2 Å². The molecule has 0 aliphatic rings. The van der Waals surface area contributed by atoms with Crippen LogP contribution in [-0.4, -0.2) is 24.1 Å². The van der Waals surface area contributed by atoms with Gasteiger partial charge in [0.15, 0.2) is 0 Å². The van der Waals surface area contributed by atoms with Crippen LogP contribution in [0, 0.1) is 10.1 Å². The van der Waals surface area contributed by atoms with Crippen molar-refractivity contribution in [2.75, 3.05) is 12.4 Å². The largest absolute Gasteiger partial charge is 0.465 e. The summed E-state index contributed by atoms with van der Waals surface area (Å²) in [5, 5.41) is 13.7. The maximum absolute atomic E-state index is 12.3. The maximum atomic E-state index is 12.3. The van der Waals surface area contributed by atoms with Gasteiger partial charge in [-0.1, -0.05) is 49.7 Å². The Balaban J connectivity index is 0.00000176. The van der Waals surface area contributed by atoms with Crippen molar-refractivity contribution in [2.24, 2.45) is 0 Å². The Labute approximate surface area is 189 Å². The van der Waals surface area contributed by atoms with Crippen LogP contribution in [0.15, 0.2) is 66.7 Å². The zero-order valence-electron chi connectivity index (χ0n) is 17.6. The number of esters is 1. The van der Waals surface area contributed by atoms with Crippen molar-refractivity contribution in [3.05, 3.63) is 87.4 Å². The molecule has 0 heterocycles. The quantitative estimate of drug-likeness (QED) is 0.272. The number of hydrogen-bond donors (Lipinski definition) is 1. The summed E-state index contributed by atoms with van der Waals surface area (Å²) in [5.74, 6) is -0.550. The van der Waals surface area contributed by atoms with Gasteiger partial charge in [0.25, 0.3) is 5.69 Å². The summed E-state index contributed by atoms with van der Waals surface area (Å²) < 4.78 is 9.90. The number of nitrogens with zero attached hydrogens (tertiary/aromatic N) is 1. The first kappa shape index (κ1) is 24.4. The Hall–Kier alpha value is -3.91. The average Bonchev–Trinajstić information content (AvgIpc) is 2.80. The molecule has 9 heteroatoms.